The van der Waals surface area contributed by atoms with Crippen LogP contribution in [0.25, 0.3) is 0 Å². The third-order valence-electron chi connectivity index (χ3n) is 23.3. The number of amides is 18. The van der Waals surface area contributed by atoms with Crippen LogP contribution >= 0.6 is 0 Å². The van der Waals surface area contributed by atoms with Crippen molar-refractivity contribution in [2.75, 3.05) is 150 Å². The molecule has 706 valence electrons. The highest BCUT2D eigenvalue weighted by Gasteiger charge is 2.52. The number of nitrogens with two attached hydrogens (primary N) is 2. The molecule has 36 nitrogen and oxygen atoms in total. The van der Waals surface area contributed by atoms with Crippen LogP contribution in [0.2, 0.25) is 0 Å². The quantitative estimate of drug-likeness (QED) is 0.0276. The van der Waals surface area contributed by atoms with Crippen molar-refractivity contribution in [1.82, 2.24) is 72.8 Å². The summed E-state index contributed by atoms with van der Waals surface area (Å²) < 4.78 is 117. The Kier molecular flexibility index (Phi) is 33.9. The lowest BCUT2D eigenvalue weighted by Crippen LogP contribution is -2.54. The molecule has 4 aromatic carbocycles. The molecule has 8 aliphatic heterocycles. The maximum absolute atomic E-state index is 13.6. The molecule has 0 aliphatic carbocycles. The first-order valence-corrected chi connectivity index (χ1v) is 42.6. The van der Waals surface area contributed by atoms with E-state index in [4.69, 9.17) is 20.9 Å². The van der Waals surface area contributed by atoms with E-state index in [1.807, 2.05) is 19.6 Å². The number of hydrogen-bond donors (Lipinski definition) is 12. The van der Waals surface area contributed by atoms with Gasteiger partial charge in [-0.1, -0.05) is 27.7 Å². The highest BCUT2D eigenvalue weighted by Crippen LogP contribution is 2.34. The second-order valence-electron chi connectivity index (χ2n) is 34.4. The predicted octanol–water partition coefficient (Wildman–Crippen LogP) is 5.01. The van der Waals surface area contributed by atoms with Crippen LogP contribution in [0.15, 0.2) is 72.8 Å². The normalized spacial score (nSPS) is 21.9. The maximum Gasteiger partial charge on any atom is 0.407 e. The lowest BCUT2D eigenvalue weighted by Gasteiger charge is -2.38. The van der Waals surface area contributed by atoms with E-state index in [0.29, 0.717) is 127 Å². The summed E-state index contributed by atoms with van der Waals surface area (Å²) in [7, 11) is 0. The van der Waals surface area contributed by atoms with Gasteiger partial charge in [0.2, 0.25) is 23.6 Å². The number of urea groups is 4. The Morgan fingerprint density at radius 3 is 0.775 bits per heavy atom. The van der Waals surface area contributed by atoms with E-state index in [-0.39, 0.29) is 107 Å². The third kappa shape index (κ3) is 26.2. The van der Waals surface area contributed by atoms with Gasteiger partial charge >= 0.3 is 36.3 Å². The number of benzene rings is 4. The molecule has 18 amide bonds. The molecule has 12 rings (SSSR count). The van der Waals surface area contributed by atoms with Crippen LogP contribution in [0.5, 0.6) is 0 Å². The smallest absolute Gasteiger partial charge is 0.407 e. The summed E-state index contributed by atoms with van der Waals surface area (Å²) in [6.45, 7) is 22.7. The fraction of sp³-hybridized carbons (Fsp3) is 0.553. The first kappa shape index (κ1) is 100. The van der Waals surface area contributed by atoms with Gasteiger partial charge in [-0.25, -0.2) is 63.9 Å². The Hall–Kier alpha value is -12.4. The molecule has 4 aromatic rings. The van der Waals surface area contributed by atoms with Gasteiger partial charge in [0.15, 0.2) is 46.5 Å². The number of alkyl carbamates (subject to hydrolysis) is 2. The molecule has 0 radical (unpaired) electrons. The van der Waals surface area contributed by atoms with Gasteiger partial charge in [-0.2, -0.15) is 0 Å². The van der Waals surface area contributed by atoms with E-state index in [9.17, 15) is 102 Å². The van der Waals surface area contributed by atoms with E-state index < -0.39 is 158 Å². The summed E-state index contributed by atoms with van der Waals surface area (Å²) in [6, 6.07) is 12.4. The molecule has 8 atom stereocenters. The van der Waals surface area contributed by atoms with Gasteiger partial charge < -0.3 is 92.0 Å². The van der Waals surface area contributed by atoms with Crippen molar-refractivity contribution >= 4 is 106 Å². The number of nitrogens with zero attached hydrogens (tertiary/aromatic N) is 8. The minimum atomic E-state index is -1.35. The lowest BCUT2D eigenvalue weighted by molar-refractivity contribution is -0.137. The summed E-state index contributed by atoms with van der Waals surface area (Å²) in [5, 5.41) is 24.5. The Balaban J connectivity index is 0.000000195. The number of carbonyl (C=O) groups is 14. The van der Waals surface area contributed by atoms with E-state index in [2.05, 4.69) is 53.2 Å². The molecule has 129 heavy (non-hydrogen) atoms. The van der Waals surface area contributed by atoms with Crippen molar-refractivity contribution in [2.24, 2.45) is 35.1 Å². The molecule has 0 unspecified atom stereocenters. The van der Waals surface area contributed by atoms with Crippen molar-refractivity contribution in [3.05, 3.63) is 119 Å². The second kappa shape index (κ2) is 43.6. The van der Waals surface area contributed by atoms with E-state index >= 15 is 0 Å². The number of carbonyl (C=O) groups excluding carboxylic acids is 14. The zero-order chi connectivity index (χ0) is 94.8. The van der Waals surface area contributed by atoms with Gasteiger partial charge in [-0.3, -0.25) is 59.6 Å². The topological polar surface area (TPSA) is 456 Å². The molecule has 0 aromatic heterocycles. The molecule has 0 spiro atoms. The monoisotopic (exact) mass is 1820 g/mol. The van der Waals surface area contributed by atoms with Crippen molar-refractivity contribution < 1.29 is 112 Å². The predicted molar refractivity (Wildman–Crippen MR) is 454 cm³/mol. The van der Waals surface area contributed by atoms with Gasteiger partial charge in [0, 0.05) is 188 Å². The average molecular weight is 1820 g/mol. The molecule has 0 bridgehead atoms. The van der Waals surface area contributed by atoms with Gasteiger partial charge in [-0.05, 0) is 148 Å². The van der Waals surface area contributed by atoms with Gasteiger partial charge in [-0.15, -0.1) is 0 Å². The minimum absolute atomic E-state index is 0.0444. The Labute approximate surface area is 740 Å². The zero-order valence-electron chi connectivity index (χ0n) is 73.4. The highest BCUT2D eigenvalue weighted by atomic mass is 19.2. The highest BCUT2D eigenvalue weighted by molar-refractivity contribution is 6.09. The van der Waals surface area contributed by atoms with Crippen LogP contribution < -0.4 is 84.2 Å². The molecular weight excluding hydrogens is 1710 g/mol. The molecule has 0 saturated carbocycles. The summed E-state index contributed by atoms with van der Waals surface area (Å²) >= 11 is 0. The Morgan fingerprint density at radius 2 is 0.581 bits per heavy atom. The van der Waals surface area contributed by atoms with E-state index in [0.717, 1.165) is 48.5 Å². The molecule has 8 saturated heterocycles. The van der Waals surface area contributed by atoms with Crippen molar-refractivity contribution in [1.29, 1.82) is 0 Å². The maximum atomic E-state index is 13.6. The average Bonchev–Trinajstić information content (AvgIpc) is 1.67. The van der Waals surface area contributed by atoms with Gasteiger partial charge in [0.1, 0.15) is 27.8 Å². The minimum Gasteiger partial charge on any atom is -0.447 e. The summed E-state index contributed by atoms with van der Waals surface area (Å²) in [6.07, 6.45) is -0.542. The third-order valence-corrected chi connectivity index (χ3v) is 23.3. The number of hydrogen-bond acceptors (Lipinski definition) is 22. The largest absolute Gasteiger partial charge is 0.447 e. The molecule has 14 N–H and O–H groups in total. The van der Waals surface area contributed by atoms with Gasteiger partial charge in [0.05, 0.1) is 6.10 Å². The number of imide groups is 4. The summed E-state index contributed by atoms with van der Waals surface area (Å²) in [5.41, 5.74) is 7.69. The fourth-order valence-electron chi connectivity index (χ4n) is 16.8. The number of nitrogens with one attached hydrogen (secondary N) is 10. The second-order valence-corrected chi connectivity index (χ2v) is 34.4. The molecule has 44 heteroatoms. The Bertz CT molecular complexity index is 4660. The van der Waals surface area contributed by atoms with Crippen molar-refractivity contribution in [3.63, 3.8) is 0 Å². The van der Waals surface area contributed by atoms with Gasteiger partial charge in [0.25, 0.3) is 23.6 Å². The number of rotatable bonds is 27. The van der Waals surface area contributed by atoms with Crippen molar-refractivity contribution in [2.45, 2.75) is 148 Å². The number of anilines is 4. The van der Waals surface area contributed by atoms with Crippen molar-refractivity contribution in [3.8, 4) is 0 Å². The van der Waals surface area contributed by atoms with E-state index in [1.165, 1.54) is 24.3 Å². The molecule has 8 fully saturated rings. The standard InChI is InChI=1S/C24H33F2N5O5.C23H31F2N5O5.2C19H25F2N5O3/c1-15(19(32)31-11-9-30(10-12-31)16-5-6-17(25)18(26)13-16)14-24(20(33)28-21(34)29-24)7-8-27-22(35)36-23(2,3)4;1-14(2)35-22(34)26-7-6-23(20(32)27-21(33)28-23)13-15(3)19(31)30-10-8-29(9-11-30)16-4-5-17(24)18(25)12-16;2*1-12(11-19(4-5-22)17(28)23-18(29)24-19)16(27)26-8-6-25(7-9-26)13-2-3-14(20)15(21)10-13/h5-6,13,15H,7-12,14H2,1-4H3,(H,27,35)(H2,28,29,33,34);4-5,12,14-15H,6-11,13H2,1-3H3,(H,26,34)(H2,27,28,32,33);2*2-3,10,12H,4-9,11,22H2,1H3,(H2,23,24,28,29)/t15-,24+;15-,23+;2*12-,19+/m0110/s1. The SMILES string of the molecule is CC(C)OC(=O)NCC[C@@]1(C[C@@H](C)C(=O)N2CCN(c3ccc(F)c(F)c3)CC2)NC(=O)NC1=O.C[C@@H](C[C@@]1(CCN)NC(=O)NC1=O)C(=O)N1CCN(c2ccc(F)c(F)c2)CC1.C[C@@H](C[C@@]1(CCNC(=O)OC(C)(C)C)NC(=O)NC1=O)C(=O)N1CCN(c2ccc(F)c(F)c2)CC1.C[C@H](C[C@]1(CCN)NC(=O)NC1=O)C(=O)N1CCN(c2ccc(F)c(F)c2)CC1. The molecular formula is C85H114F8N20O16. The Morgan fingerprint density at radius 1 is 0.357 bits per heavy atom. The summed E-state index contributed by atoms with van der Waals surface area (Å²) in [4.78, 5) is 187. The van der Waals surface area contributed by atoms with Crippen LogP contribution in [0.1, 0.15) is 114 Å². The van der Waals surface area contributed by atoms with Crippen LogP contribution in [0.4, 0.5) is 86.6 Å². The first-order valence-electron chi connectivity index (χ1n) is 42.6. The lowest BCUT2D eigenvalue weighted by atomic mass is 9.84. The number of halogens is 8. The van der Waals surface area contributed by atoms with Crippen LogP contribution in [0, 0.1) is 70.2 Å². The first-order chi connectivity index (χ1) is 60.8. The molecule has 8 aliphatic rings. The fourth-order valence-corrected chi connectivity index (χ4v) is 16.8. The molecule has 8 heterocycles. The number of piperazine rings is 4. The van der Waals surface area contributed by atoms with Crippen LogP contribution in [-0.4, -0.2) is 268 Å². The van der Waals surface area contributed by atoms with E-state index in [1.54, 1.807) is 81.9 Å². The number of ether oxygens (including phenoxy) is 2. The van der Waals surface area contributed by atoms with Crippen LogP contribution in [-0.2, 0) is 47.8 Å². The zero-order valence-corrected chi connectivity index (χ0v) is 73.4. The van der Waals surface area contributed by atoms with Crippen LogP contribution in [0.3, 0.4) is 0 Å². The summed E-state index contributed by atoms with van der Waals surface area (Å²) in [5.74, 6) is -12.2.